The van der Waals surface area contributed by atoms with Crippen LogP contribution in [0.3, 0.4) is 0 Å². The fourth-order valence-corrected chi connectivity index (χ4v) is 5.00. The van der Waals surface area contributed by atoms with Gasteiger partial charge in [0.05, 0.1) is 18.5 Å². The molecule has 1 aliphatic rings. The summed E-state index contributed by atoms with van der Waals surface area (Å²) in [5.74, 6) is 3.03. The van der Waals surface area contributed by atoms with Gasteiger partial charge in [0.25, 0.3) is 0 Å². The van der Waals surface area contributed by atoms with Gasteiger partial charge in [-0.05, 0) is 69.0 Å². The third-order valence-corrected chi connectivity index (χ3v) is 7.39. The zero-order chi connectivity index (χ0) is 30.7. The number of rotatable bonds is 10. The van der Waals surface area contributed by atoms with Crippen LogP contribution in [0.15, 0.2) is 54.6 Å². The second-order valence-corrected chi connectivity index (χ2v) is 12.5. The number of amides is 2. The van der Waals surface area contributed by atoms with E-state index in [9.17, 15) is 4.79 Å². The summed E-state index contributed by atoms with van der Waals surface area (Å²) in [5.41, 5.74) is 4.11. The summed E-state index contributed by atoms with van der Waals surface area (Å²) in [7, 11) is 5.66. The minimum absolute atomic E-state index is 0.109. The lowest BCUT2D eigenvalue weighted by molar-refractivity contribution is 0.262. The zero-order valence-corrected chi connectivity index (χ0v) is 26.2. The van der Waals surface area contributed by atoms with Gasteiger partial charge in [-0.3, -0.25) is 0 Å². The number of benzene rings is 3. The van der Waals surface area contributed by atoms with Crippen molar-refractivity contribution in [1.82, 2.24) is 14.9 Å². The molecule has 1 heterocycles. The van der Waals surface area contributed by atoms with Gasteiger partial charge in [0.1, 0.15) is 11.5 Å². The highest BCUT2D eigenvalue weighted by Gasteiger charge is 2.22. The van der Waals surface area contributed by atoms with Gasteiger partial charge in [-0.15, -0.1) is 0 Å². The number of carbonyl (C=O) groups is 1. The molecule has 0 spiro atoms. The molecule has 1 fully saturated rings. The van der Waals surface area contributed by atoms with E-state index >= 15 is 0 Å². The molecule has 0 saturated heterocycles. The molecule has 1 saturated carbocycles. The van der Waals surface area contributed by atoms with Crippen LogP contribution in [0.5, 0.6) is 17.4 Å². The van der Waals surface area contributed by atoms with Gasteiger partial charge >= 0.3 is 6.03 Å². The second kappa shape index (κ2) is 12.5. The maximum absolute atomic E-state index is 13.4. The fraction of sp³-hybridized carbons (Fsp3) is 0.382. The number of methoxy groups -OCH3 is 1. The molecule has 0 unspecified atom stereocenters. The molecule has 226 valence electrons. The van der Waals surface area contributed by atoms with Gasteiger partial charge in [-0.25, -0.2) is 9.78 Å². The predicted molar refractivity (Wildman–Crippen MR) is 174 cm³/mol. The molecule has 1 aromatic heterocycles. The Bertz CT molecular complexity index is 1630. The first-order valence-corrected chi connectivity index (χ1v) is 14.7. The molecule has 0 bridgehead atoms. The molecular weight excluding hydrogens is 540 g/mol. The Morgan fingerprint density at radius 2 is 1.70 bits per heavy atom. The molecule has 9 nitrogen and oxygen atoms in total. The number of hydrogen-bond acceptors (Lipinski definition) is 7. The topological polar surface area (TPSA) is 101 Å². The van der Waals surface area contributed by atoms with E-state index in [2.05, 4.69) is 57.7 Å². The summed E-state index contributed by atoms with van der Waals surface area (Å²) < 4.78 is 12.1. The molecule has 9 heteroatoms. The van der Waals surface area contributed by atoms with Crippen LogP contribution in [-0.2, 0) is 12.0 Å². The normalized spacial score (nSPS) is 13.2. The highest BCUT2D eigenvalue weighted by molar-refractivity contribution is 6.08. The number of urea groups is 1. The molecule has 43 heavy (non-hydrogen) atoms. The number of anilines is 3. The Kier molecular flexibility index (Phi) is 8.73. The minimum atomic E-state index is -0.364. The van der Waals surface area contributed by atoms with Gasteiger partial charge in [0.2, 0.25) is 11.8 Å². The quantitative estimate of drug-likeness (QED) is 0.177. The molecular formula is C34H42N6O3. The Hall–Kier alpha value is -4.37. The van der Waals surface area contributed by atoms with Crippen molar-refractivity contribution in [1.29, 1.82) is 0 Å². The minimum Gasteiger partial charge on any atom is -0.494 e. The Morgan fingerprint density at radius 3 is 2.37 bits per heavy atom. The summed E-state index contributed by atoms with van der Waals surface area (Å²) in [6.45, 7) is 9.94. The van der Waals surface area contributed by atoms with Crippen LogP contribution in [-0.4, -0.2) is 48.6 Å². The second-order valence-electron chi connectivity index (χ2n) is 12.5. The number of ether oxygens (including phenoxy) is 2. The average molecular weight is 583 g/mol. The molecule has 0 radical (unpaired) electrons. The predicted octanol–water partition coefficient (Wildman–Crippen LogP) is 7.56. The molecule has 5 rings (SSSR count). The van der Waals surface area contributed by atoms with Crippen LogP contribution in [0, 0.1) is 12.8 Å². The number of hydrogen-bond donors (Lipinski definition) is 3. The average Bonchev–Trinajstić information content (AvgIpc) is 3.77. The first-order chi connectivity index (χ1) is 20.5. The molecule has 4 aromatic rings. The first-order valence-electron chi connectivity index (χ1n) is 14.7. The molecule has 3 aromatic carbocycles. The van der Waals surface area contributed by atoms with E-state index in [1.54, 1.807) is 7.11 Å². The summed E-state index contributed by atoms with van der Waals surface area (Å²) in [5, 5.41) is 11.1. The van der Waals surface area contributed by atoms with Crippen LogP contribution < -0.4 is 25.4 Å². The smallest absolute Gasteiger partial charge is 0.323 e. The van der Waals surface area contributed by atoms with Gasteiger partial charge in [-0.1, -0.05) is 51.1 Å². The van der Waals surface area contributed by atoms with E-state index in [0.717, 1.165) is 34.1 Å². The standard InChI is InChI=1S/C34H42N6O3/c1-21-16-30(39-32(36-21)35-19-22-12-13-22)43-29-15-14-27(25-10-8-9-11-26(25)29)37-33(41)38-28-18-24(34(2,3)4)17-23(20-40(5)6)31(28)42-7/h8-11,14-18,22H,12-13,19-20H2,1-7H3,(H,35,36,39)(H2,37,38,41). The summed E-state index contributed by atoms with van der Waals surface area (Å²) in [4.78, 5) is 24.6. The molecule has 0 atom stereocenters. The van der Waals surface area contributed by atoms with E-state index in [0.29, 0.717) is 47.2 Å². The Labute approximate surface area is 254 Å². The van der Waals surface area contributed by atoms with Crippen molar-refractivity contribution < 1.29 is 14.3 Å². The van der Waals surface area contributed by atoms with Crippen molar-refractivity contribution in [2.24, 2.45) is 5.92 Å². The van der Waals surface area contributed by atoms with Crippen molar-refractivity contribution in [2.45, 2.75) is 52.5 Å². The molecule has 0 aliphatic heterocycles. The van der Waals surface area contributed by atoms with Crippen LogP contribution >= 0.6 is 0 Å². The largest absolute Gasteiger partial charge is 0.494 e. The van der Waals surface area contributed by atoms with Gasteiger partial charge in [0, 0.05) is 41.2 Å². The van der Waals surface area contributed by atoms with E-state index in [4.69, 9.17) is 9.47 Å². The fourth-order valence-electron chi connectivity index (χ4n) is 5.00. The third-order valence-electron chi connectivity index (χ3n) is 7.39. The lowest BCUT2D eigenvalue weighted by Gasteiger charge is -2.25. The van der Waals surface area contributed by atoms with E-state index in [1.807, 2.05) is 69.6 Å². The Balaban J connectivity index is 1.39. The highest BCUT2D eigenvalue weighted by Crippen LogP contribution is 2.37. The van der Waals surface area contributed by atoms with E-state index < -0.39 is 0 Å². The zero-order valence-electron chi connectivity index (χ0n) is 26.2. The highest BCUT2D eigenvalue weighted by atomic mass is 16.5. The molecule has 2 amide bonds. The maximum Gasteiger partial charge on any atom is 0.323 e. The molecule has 3 N–H and O–H groups in total. The van der Waals surface area contributed by atoms with Crippen molar-refractivity contribution in [3.8, 4) is 17.4 Å². The third kappa shape index (κ3) is 7.53. The number of aromatic nitrogens is 2. The first kappa shape index (κ1) is 30.1. The Morgan fingerprint density at radius 1 is 0.977 bits per heavy atom. The van der Waals surface area contributed by atoms with E-state index in [-0.39, 0.29) is 11.4 Å². The van der Waals surface area contributed by atoms with Crippen LogP contribution in [0.1, 0.15) is 50.4 Å². The SMILES string of the molecule is COc1c(CN(C)C)cc(C(C)(C)C)cc1NC(=O)Nc1ccc(Oc2cc(C)nc(NCC3CC3)n2)c2ccccc12. The van der Waals surface area contributed by atoms with Gasteiger partial charge in [0.15, 0.2) is 0 Å². The lowest BCUT2D eigenvalue weighted by atomic mass is 9.85. The number of aryl methyl sites for hydroxylation is 1. The lowest BCUT2D eigenvalue weighted by Crippen LogP contribution is -2.22. The maximum atomic E-state index is 13.4. The number of nitrogens with one attached hydrogen (secondary N) is 3. The number of fused-ring (bicyclic) bond motifs is 1. The van der Waals surface area contributed by atoms with Crippen LogP contribution in [0.2, 0.25) is 0 Å². The van der Waals surface area contributed by atoms with Crippen molar-refractivity contribution >= 4 is 34.1 Å². The van der Waals surface area contributed by atoms with E-state index in [1.165, 1.54) is 12.8 Å². The van der Waals surface area contributed by atoms with Crippen molar-refractivity contribution in [3.63, 3.8) is 0 Å². The van der Waals surface area contributed by atoms with Crippen LogP contribution in [0.4, 0.5) is 22.1 Å². The van der Waals surface area contributed by atoms with Gasteiger partial charge in [-0.2, -0.15) is 4.98 Å². The van der Waals surface area contributed by atoms with Crippen LogP contribution in [0.25, 0.3) is 10.8 Å². The molecule has 1 aliphatic carbocycles. The van der Waals surface area contributed by atoms with Crippen molar-refractivity contribution in [2.75, 3.05) is 43.7 Å². The number of carbonyl (C=O) groups excluding carboxylic acids is 1. The summed E-state index contributed by atoms with van der Waals surface area (Å²) in [6, 6.07) is 17.1. The summed E-state index contributed by atoms with van der Waals surface area (Å²) >= 11 is 0. The summed E-state index contributed by atoms with van der Waals surface area (Å²) in [6.07, 6.45) is 2.50. The van der Waals surface area contributed by atoms with Gasteiger partial charge < -0.3 is 30.3 Å². The number of nitrogens with zero attached hydrogens (tertiary/aromatic N) is 3. The monoisotopic (exact) mass is 582 g/mol. The van der Waals surface area contributed by atoms with Crippen molar-refractivity contribution in [3.05, 3.63) is 71.4 Å².